The molecule has 1 saturated carbocycles. The van der Waals surface area contributed by atoms with Gasteiger partial charge in [0.2, 0.25) is 11.9 Å². The Kier molecular flexibility index (Phi) is 3.84. The van der Waals surface area contributed by atoms with Gasteiger partial charge in [-0.2, -0.15) is 10.1 Å². The van der Waals surface area contributed by atoms with Gasteiger partial charge in [0.05, 0.1) is 10.7 Å². The van der Waals surface area contributed by atoms with Crippen molar-refractivity contribution >= 4 is 29.2 Å². The van der Waals surface area contributed by atoms with Crippen LogP contribution in [0.25, 0.3) is 5.69 Å². The summed E-state index contributed by atoms with van der Waals surface area (Å²) in [6, 6.07) is 5.63. The minimum Gasteiger partial charge on any atom is -0.369 e. The highest BCUT2D eigenvalue weighted by Gasteiger charge is 2.43. The summed E-state index contributed by atoms with van der Waals surface area (Å²) in [6.45, 7) is 0. The van der Waals surface area contributed by atoms with Crippen LogP contribution in [-0.4, -0.2) is 32.3 Å². The van der Waals surface area contributed by atoms with Gasteiger partial charge in [0.1, 0.15) is 24.0 Å². The summed E-state index contributed by atoms with van der Waals surface area (Å²) in [7, 11) is 0. The zero-order chi connectivity index (χ0) is 17.4. The second-order valence-electron chi connectivity index (χ2n) is 6.27. The molecule has 1 spiro atoms. The van der Waals surface area contributed by atoms with Crippen LogP contribution < -0.4 is 16.4 Å². The average Bonchev–Trinajstić information content (AvgIpc) is 3.09. The third-order valence-corrected chi connectivity index (χ3v) is 5.01. The number of halogens is 1. The van der Waals surface area contributed by atoms with Gasteiger partial charge >= 0.3 is 0 Å². The molecule has 4 N–H and O–H groups in total. The molecule has 4 rings (SSSR count). The lowest BCUT2D eigenvalue weighted by atomic mass is 9.87. The Morgan fingerprint density at radius 1 is 1.12 bits per heavy atom. The van der Waals surface area contributed by atoms with Crippen molar-refractivity contribution in [2.45, 2.75) is 37.8 Å². The van der Waals surface area contributed by atoms with Crippen LogP contribution in [0.3, 0.4) is 0 Å². The Labute approximate surface area is 150 Å². The van der Waals surface area contributed by atoms with Gasteiger partial charge in [-0.1, -0.05) is 24.1 Å². The van der Waals surface area contributed by atoms with Crippen molar-refractivity contribution in [3.05, 3.63) is 35.9 Å². The first-order valence-corrected chi connectivity index (χ1v) is 8.62. The molecule has 2 heterocycles. The van der Waals surface area contributed by atoms with Crippen molar-refractivity contribution in [3.63, 3.8) is 0 Å². The third-order valence-electron chi connectivity index (χ3n) is 4.71. The molecule has 8 nitrogen and oxygen atoms in total. The molecule has 0 unspecified atom stereocenters. The van der Waals surface area contributed by atoms with Crippen molar-refractivity contribution in [1.29, 1.82) is 0 Å². The number of anilines is 1. The van der Waals surface area contributed by atoms with E-state index in [1.165, 1.54) is 12.7 Å². The number of nitrogens with two attached hydrogens (primary N) is 2. The van der Waals surface area contributed by atoms with E-state index in [4.69, 9.17) is 28.1 Å². The summed E-state index contributed by atoms with van der Waals surface area (Å²) >= 11 is 6.49. The maximum atomic E-state index is 6.49. The van der Waals surface area contributed by atoms with E-state index in [0.717, 1.165) is 31.4 Å². The smallest absolute Gasteiger partial charge is 0.220 e. The molecule has 0 bridgehead atoms. The van der Waals surface area contributed by atoms with E-state index >= 15 is 0 Å². The number of nitrogens with zero attached hydrogens (tertiary/aromatic N) is 6. The lowest BCUT2D eigenvalue weighted by Gasteiger charge is -2.46. The number of aromatic nitrogens is 3. The molecule has 9 heteroatoms. The third kappa shape index (κ3) is 2.62. The molecule has 25 heavy (non-hydrogen) atoms. The first kappa shape index (κ1) is 15.9. The fraction of sp³-hybridized carbons (Fsp3) is 0.375. The number of para-hydroxylation sites is 1. The molecule has 1 aliphatic carbocycles. The van der Waals surface area contributed by atoms with E-state index in [9.17, 15) is 0 Å². The zero-order valence-corrected chi connectivity index (χ0v) is 14.4. The Morgan fingerprint density at radius 3 is 2.64 bits per heavy atom. The van der Waals surface area contributed by atoms with E-state index in [1.807, 2.05) is 23.1 Å². The zero-order valence-electron chi connectivity index (χ0n) is 13.6. The van der Waals surface area contributed by atoms with E-state index in [2.05, 4.69) is 15.1 Å². The lowest BCUT2D eigenvalue weighted by Crippen LogP contribution is -2.58. The second kappa shape index (κ2) is 6.03. The van der Waals surface area contributed by atoms with Crippen LogP contribution in [0.4, 0.5) is 5.69 Å². The van der Waals surface area contributed by atoms with Gasteiger partial charge in [0.25, 0.3) is 0 Å². The van der Waals surface area contributed by atoms with E-state index in [0.29, 0.717) is 16.7 Å². The summed E-state index contributed by atoms with van der Waals surface area (Å²) in [5.74, 6) is 0.540. The van der Waals surface area contributed by atoms with Crippen LogP contribution in [-0.2, 0) is 0 Å². The van der Waals surface area contributed by atoms with Gasteiger partial charge in [0.15, 0.2) is 0 Å². The van der Waals surface area contributed by atoms with Crippen LogP contribution in [0.2, 0.25) is 5.02 Å². The van der Waals surface area contributed by atoms with Gasteiger partial charge in [-0.05, 0) is 37.8 Å². The fourth-order valence-corrected chi connectivity index (χ4v) is 3.96. The number of aliphatic imine (C=N–C) groups is 2. The SMILES string of the molecule is NC1=NC2(CCCCC2)N(c2cccc(Cl)c2-n2cncn2)C(N)=N1. The highest BCUT2D eigenvalue weighted by atomic mass is 35.5. The summed E-state index contributed by atoms with van der Waals surface area (Å²) in [6.07, 6.45) is 8.06. The van der Waals surface area contributed by atoms with Crippen molar-refractivity contribution < 1.29 is 0 Å². The molecule has 130 valence electrons. The Hall–Kier alpha value is -2.61. The van der Waals surface area contributed by atoms with Gasteiger partial charge in [0, 0.05) is 0 Å². The predicted molar refractivity (Wildman–Crippen MR) is 97.9 cm³/mol. The first-order chi connectivity index (χ1) is 12.1. The predicted octanol–water partition coefficient (Wildman–Crippen LogP) is 2.03. The van der Waals surface area contributed by atoms with Gasteiger partial charge in [-0.3, -0.25) is 4.90 Å². The Balaban J connectivity index is 1.91. The van der Waals surface area contributed by atoms with Crippen LogP contribution in [0, 0.1) is 0 Å². The normalized spacial score (nSPS) is 19.6. The van der Waals surface area contributed by atoms with Crippen molar-refractivity contribution in [3.8, 4) is 5.69 Å². The number of rotatable bonds is 2. The van der Waals surface area contributed by atoms with Crippen LogP contribution >= 0.6 is 11.6 Å². The molecule has 1 aromatic carbocycles. The maximum absolute atomic E-state index is 6.49. The quantitative estimate of drug-likeness (QED) is 0.853. The second-order valence-corrected chi connectivity index (χ2v) is 6.67. The van der Waals surface area contributed by atoms with Crippen LogP contribution in [0.5, 0.6) is 0 Å². The molecule has 0 radical (unpaired) electrons. The largest absolute Gasteiger partial charge is 0.369 e. The minimum atomic E-state index is -0.534. The number of benzene rings is 1. The summed E-state index contributed by atoms with van der Waals surface area (Å²) in [5, 5.41) is 4.78. The Morgan fingerprint density at radius 2 is 1.92 bits per heavy atom. The number of hydrogen-bond acceptors (Lipinski definition) is 7. The van der Waals surface area contributed by atoms with E-state index < -0.39 is 5.66 Å². The standard InChI is InChI=1S/C16H19ClN8/c17-11-5-4-6-12(13(11)24-10-20-9-21-24)25-15(19)22-14(18)23-16(25)7-2-1-3-8-16/h4-6,9-10H,1-3,7-8H2,(H4,18,19,22,23). The van der Waals surface area contributed by atoms with Crippen molar-refractivity contribution in [2.75, 3.05) is 4.90 Å². The molecule has 0 saturated heterocycles. The summed E-state index contributed by atoms with van der Waals surface area (Å²) in [4.78, 5) is 14.9. The van der Waals surface area contributed by atoms with E-state index in [-0.39, 0.29) is 5.96 Å². The van der Waals surface area contributed by atoms with Crippen molar-refractivity contribution in [2.24, 2.45) is 21.5 Å². The molecule has 0 amide bonds. The van der Waals surface area contributed by atoms with Gasteiger partial charge < -0.3 is 11.5 Å². The molecule has 1 fully saturated rings. The molecule has 1 aliphatic heterocycles. The number of guanidine groups is 2. The van der Waals surface area contributed by atoms with Gasteiger partial charge in [-0.15, -0.1) is 0 Å². The number of hydrogen-bond donors (Lipinski definition) is 2. The lowest BCUT2D eigenvalue weighted by molar-refractivity contribution is 0.305. The van der Waals surface area contributed by atoms with Gasteiger partial charge in [-0.25, -0.2) is 14.7 Å². The summed E-state index contributed by atoms with van der Waals surface area (Å²) in [5.41, 5.74) is 13.2. The molecule has 2 aliphatic rings. The first-order valence-electron chi connectivity index (χ1n) is 8.24. The minimum absolute atomic E-state index is 0.222. The van der Waals surface area contributed by atoms with Crippen LogP contribution in [0.15, 0.2) is 40.8 Å². The highest BCUT2D eigenvalue weighted by molar-refractivity contribution is 6.33. The summed E-state index contributed by atoms with van der Waals surface area (Å²) < 4.78 is 1.63. The average molecular weight is 359 g/mol. The molecular formula is C16H19ClN8. The topological polar surface area (TPSA) is 111 Å². The molecule has 1 aromatic heterocycles. The van der Waals surface area contributed by atoms with Crippen molar-refractivity contribution in [1.82, 2.24) is 14.8 Å². The highest BCUT2D eigenvalue weighted by Crippen LogP contribution is 2.42. The molecule has 0 atom stereocenters. The maximum Gasteiger partial charge on any atom is 0.220 e. The van der Waals surface area contributed by atoms with Crippen LogP contribution in [0.1, 0.15) is 32.1 Å². The molecule has 2 aromatic rings. The fourth-order valence-electron chi connectivity index (χ4n) is 3.70. The van der Waals surface area contributed by atoms with E-state index in [1.54, 1.807) is 11.0 Å². The Bertz CT molecular complexity index is 836. The molecular weight excluding hydrogens is 340 g/mol. The monoisotopic (exact) mass is 358 g/mol.